The third kappa shape index (κ3) is 4.66. The van der Waals surface area contributed by atoms with Crippen LogP contribution < -0.4 is 4.72 Å². The van der Waals surface area contributed by atoms with Gasteiger partial charge < -0.3 is 0 Å². The van der Waals surface area contributed by atoms with Crippen molar-refractivity contribution in [2.75, 3.05) is 6.54 Å². The zero-order valence-electron chi connectivity index (χ0n) is 11.6. The van der Waals surface area contributed by atoms with Gasteiger partial charge in [-0.2, -0.15) is 13.2 Å². The quantitative estimate of drug-likeness (QED) is 0.885. The molecule has 0 radical (unpaired) electrons. The number of aromatic nitrogens is 1. The highest BCUT2D eigenvalue weighted by Crippen LogP contribution is 2.35. The number of rotatable bonds is 5. The third-order valence-corrected chi connectivity index (χ3v) is 4.74. The van der Waals surface area contributed by atoms with Crippen LogP contribution >= 0.6 is 11.6 Å². The summed E-state index contributed by atoms with van der Waals surface area (Å²) in [6, 6.07) is 7.66. The van der Waals surface area contributed by atoms with E-state index < -0.39 is 31.7 Å². The summed E-state index contributed by atoms with van der Waals surface area (Å²) in [7, 11) is -4.07. The highest BCUT2D eigenvalue weighted by atomic mass is 35.5. The van der Waals surface area contributed by atoms with Crippen LogP contribution in [0.2, 0.25) is 5.02 Å². The monoisotopic (exact) mass is 364 g/mol. The first-order valence-electron chi connectivity index (χ1n) is 6.46. The topological polar surface area (TPSA) is 59.1 Å². The molecule has 0 saturated heterocycles. The van der Waals surface area contributed by atoms with Crippen LogP contribution in [0.1, 0.15) is 11.3 Å². The number of nitrogens with zero attached hydrogens (tertiary/aromatic N) is 1. The van der Waals surface area contributed by atoms with E-state index in [1.165, 1.54) is 0 Å². The number of pyridine rings is 1. The minimum Gasteiger partial charge on any atom is -0.261 e. The molecule has 9 heteroatoms. The van der Waals surface area contributed by atoms with E-state index in [0.29, 0.717) is 18.2 Å². The molecule has 0 fully saturated rings. The molecule has 1 aromatic heterocycles. The summed E-state index contributed by atoms with van der Waals surface area (Å²) in [6.45, 7) is 0.0172. The molecule has 2 rings (SSSR count). The van der Waals surface area contributed by atoms with Gasteiger partial charge in [-0.05, 0) is 30.3 Å². The van der Waals surface area contributed by atoms with Crippen LogP contribution in [0.5, 0.6) is 0 Å². The largest absolute Gasteiger partial charge is 0.417 e. The third-order valence-electron chi connectivity index (χ3n) is 2.95. The van der Waals surface area contributed by atoms with Crippen LogP contribution in [-0.4, -0.2) is 19.9 Å². The summed E-state index contributed by atoms with van der Waals surface area (Å²) in [5.74, 6) is 0. The fourth-order valence-electron chi connectivity index (χ4n) is 1.83. The van der Waals surface area contributed by atoms with E-state index in [1.54, 1.807) is 24.4 Å². The van der Waals surface area contributed by atoms with Gasteiger partial charge in [-0.25, -0.2) is 13.1 Å². The summed E-state index contributed by atoms with van der Waals surface area (Å²) < 4.78 is 64.7. The summed E-state index contributed by atoms with van der Waals surface area (Å²) in [5.41, 5.74) is -0.519. The molecule has 0 spiro atoms. The lowest BCUT2D eigenvalue weighted by molar-refractivity contribution is -0.137. The average Bonchev–Trinajstić information content (AvgIpc) is 2.47. The van der Waals surface area contributed by atoms with Gasteiger partial charge in [-0.1, -0.05) is 17.7 Å². The van der Waals surface area contributed by atoms with Gasteiger partial charge in [0.25, 0.3) is 0 Å². The number of halogens is 4. The van der Waals surface area contributed by atoms with Crippen molar-refractivity contribution in [2.45, 2.75) is 17.5 Å². The Kier molecular flexibility index (Phi) is 5.28. The lowest BCUT2D eigenvalue weighted by atomic mass is 10.2. The van der Waals surface area contributed by atoms with Gasteiger partial charge in [0, 0.05) is 24.9 Å². The van der Waals surface area contributed by atoms with E-state index in [-0.39, 0.29) is 6.54 Å². The second-order valence-corrected chi connectivity index (χ2v) is 6.78. The van der Waals surface area contributed by atoms with Crippen molar-refractivity contribution in [3.8, 4) is 0 Å². The van der Waals surface area contributed by atoms with Gasteiger partial charge in [0.1, 0.15) is 0 Å². The Morgan fingerprint density at radius 2 is 1.91 bits per heavy atom. The maximum Gasteiger partial charge on any atom is 0.417 e. The van der Waals surface area contributed by atoms with Crippen molar-refractivity contribution in [1.82, 2.24) is 9.71 Å². The van der Waals surface area contributed by atoms with E-state index in [2.05, 4.69) is 9.71 Å². The van der Waals surface area contributed by atoms with Gasteiger partial charge in [-0.3, -0.25) is 4.98 Å². The number of hydrogen-bond acceptors (Lipinski definition) is 3. The van der Waals surface area contributed by atoms with Crippen LogP contribution in [0.4, 0.5) is 13.2 Å². The highest BCUT2D eigenvalue weighted by molar-refractivity contribution is 7.89. The molecule has 23 heavy (non-hydrogen) atoms. The van der Waals surface area contributed by atoms with E-state index in [4.69, 9.17) is 11.6 Å². The van der Waals surface area contributed by atoms with Gasteiger partial charge in [0.05, 0.1) is 15.5 Å². The van der Waals surface area contributed by atoms with Crippen molar-refractivity contribution >= 4 is 21.6 Å². The Morgan fingerprint density at radius 3 is 2.52 bits per heavy atom. The molecule has 0 atom stereocenters. The number of hydrogen-bond donors (Lipinski definition) is 1. The van der Waals surface area contributed by atoms with Crippen LogP contribution in [0.15, 0.2) is 47.5 Å². The molecule has 2 aromatic rings. The second kappa shape index (κ2) is 6.86. The Labute approximate surface area is 136 Å². The molecule has 0 aliphatic heterocycles. The summed E-state index contributed by atoms with van der Waals surface area (Å²) in [6.07, 6.45) is -2.84. The molecular weight excluding hydrogens is 353 g/mol. The maximum atomic E-state index is 12.8. The van der Waals surface area contributed by atoms with Crippen LogP contribution in [0.3, 0.4) is 0 Å². The first kappa shape index (κ1) is 17.7. The van der Waals surface area contributed by atoms with Crippen molar-refractivity contribution in [1.29, 1.82) is 0 Å². The molecule has 1 heterocycles. The molecule has 0 bridgehead atoms. The van der Waals surface area contributed by atoms with E-state index in [0.717, 1.165) is 12.1 Å². The lowest BCUT2D eigenvalue weighted by Gasteiger charge is -2.12. The van der Waals surface area contributed by atoms with Gasteiger partial charge in [0.15, 0.2) is 0 Å². The summed E-state index contributed by atoms with van der Waals surface area (Å²) >= 11 is 5.47. The fourth-order valence-corrected chi connectivity index (χ4v) is 3.11. The molecule has 1 aromatic carbocycles. The Bertz CT molecular complexity index is 780. The first-order valence-corrected chi connectivity index (χ1v) is 8.32. The smallest absolute Gasteiger partial charge is 0.261 e. The van der Waals surface area contributed by atoms with Gasteiger partial charge >= 0.3 is 6.18 Å². The zero-order chi connectivity index (χ0) is 17.1. The number of alkyl halides is 3. The minimum atomic E-state index is -4.73. The van der Waals surface area contributed by atoms with Crippen LogP contribution in [0, 0.1) is 0 Å². The Balaban J connectivity index is 2.13. The van der Waals surface area contributed by atoms with E-state index in [9.17, 15) is 21.6 Å². The van der Waals surface area contributed by atoms with Crippen LogP contribution in [-0.2, 0) is 22.6 Å². The molecule has 0 amide bonds. The molecule has 0 unspecified atom stereocenters. The second-order valence-electron chi connectivity index (χ2n) is 4.61. The maximum absolute atomic E-state index is 12.8. The minimum absolute atomic E-state index is 0.0172. The van der Waals surface area contributed by atoms with Crippen molar-refractivity contribution in [3.63, 3.8) is 0 Å². The number of nitrogens with one attached hydrogen (secondary N) is 1. The van der Waals surface area contributed by atoms with Crippen molar-refractivity contribution in [2.24, 2.45) is 0 Å². The molecule has 0 saturated carbocycles. The Morgan fingerprint density at radius 1 is 1.17 bits per heavy atom. The zero-order valence-corrected chi connectivity index (χ0v) is 13.2. The predicted octanol–water partition coefficient (Wildman–Crippen LogP) is 3.27. The summed E-state index contributed by atoms with van der Waals surface area (Å²) in [4.78, 5) is 3.54. The SMILES string of the molecule is O=S(=O)(NCCc1ccccn1)c1ccc(Cl)c(C(F)(F)F)c1. The van der Waals surface area contributed by atoms with Crippen molar-refractivity contribution in [3.05, 3.63) is 58.9 Å². The van der Waals surface area contributed by atoms with E-state index in [1.807, 2.05) is 0 Å². The molecular formula is C14H12ClF3N2O2S. The first-order chi connectivity index (χ1) is 10.7. The predicted molar refractivity (Wildman–Crippen MR) is 79.6 cm³/mol. The lowest BCUT2D eigenvalue weighted by Crippen LogP contribution is -2.26. The normalized spacial score (nSPS) is 12.3. The fraction of sp³-hybridized carbons (Fsp3) is 0.214. The molecule has 4 nitrogen and oxygen atoms in total. The summed E-state index contributed by atoms with van der Waals surface area (Å²) in [5, 5.41) is -0.551. The number of sulfonamides is 1. The van der Waals surface area contributed by atoms with E-state index >= 15 is 0 Å². The Hall–Kier alpha value is -1.64. The number of benzene rings is 1. The molecule has 1 N–H and O–H groups in total. The highest BCUT2D eigenvalue weighted by Gasteiger charge is 2.34. The molecule has 0 aliphatic carbocycles. The standard InChI is InChI=1S/C14H12ClF3N2O2S/c15-13-5-4-11(9-12(13)14(16,17)18)23(21,22)20-8-6-10-3-1-2-7-19-10/h1-5,7,9,20H,6,8H2. The van der Waals surface area contributed by atoms with Crippen LogP contribution in [0.25, 0.3) is 0 Å². The molecule has 124 valence electrons. The van der Waals surface area contributed by atoms with Gasteiger partial charge in [-0.15, -0.1) is 0 Å². The van der Waals surface area contributed by atoms with Crippen molar-refractivity contribution < 1.29 is 21.6 Å². The van der Waals surface area contributed by atoms with Gasteiger partial charge in [0.2, 0.25) is 10.0 Å². The molecule has 0 aliphatic rings. The average molecular weight is 365 g/mol.